The summed E-state index contributed by atoms with van der Waals surface area (Å²) >= 11 is 1.90. The van der Waals surface area contributed by atoms with Crippen LogP contribution >= 0.6 is 11.3 Å². The molecule has 0 saturated carbocycles. The summed E-state index contributed by atoms with van der Waals surface area (Å²) in [5, 5.41) is 2.72. The molecule has 0 aliphatic rings. The van der Waals surface area contributed by atoms with Crippen molar-refractivity contribution in [2.75, 3.05) is 0 Å². The van der Waals surface area contributed by atoms with Crippen LogP contribution in [0.4, 0.5) is 0 Å². The van der Waals surface area contributed by atoms with Crippen LogP contribution in [0.2, 0.25) is 0 Å². The van der Waals surface area contributed by atoms with Gasteiger partial charge < -0.3 is 0 Å². The summed E-state index contributed by atoms with van der Waals surface area (Å²) < 4.78 is 2.75. The molecule has 0 N–H and O–H groups in total. The van der Waals surface area contributed by atoms with Crippen molar-refractivity contribution in [2.45, 2.75) is 19.3 Å². The maximum atomic E-state index is 2.38. The highest BCUT2D eigenvalue weighted by Gasteiger charge is 2.12. The smallest absolute Gasteiger partial charge is 0.0433 e. The van der Waals surface area contributed by atoms with Crippen LogP contribution in [0.15, 0.2) is 97.1 Å². The summed E-state index contributed by atoms with van der Waals surface area (Å²) in [5.74, 6) is 0.490. The predicted octanol–water partition coefficient (Wildman–Crippen LogP) is 8.07. The summed E-state index contributed by atoms with van der Waals surface area (Å²) in [6.07, 6.45) is 1.07. The lowest BCUT2D eigenvalue weighted by atomic mass is 9.91. The normalized spacial score (nSPS) is 12.5. The lowest BCUT2D eigenvalue weighted by molar-refractivity contribution is 0.759. The number of hydrogen-bond donors (Lipinski definition) is 0. The highest BCUT2D eigenvalue weighted by atomic mass is 32.1. The van der Waals surface area contributed by atoms with Gasteiger partial charge in [0.15, 0.2) is 0 Å². The van der Waals surface area contributed by atoms with Gasteiger partial charge in [0.25, 0.3) is 0 Å². The van der Waals surface area contributed by atoms with Crippen LogP contribution in [0, 0.1) is 0 Å². The Morgan fingerprint density at radius 1 is 0.714 bits per heavy atom. The van der Waals surface area contributed by atoms with E-state index >= 15 is 0 Å². The fourth-order valence-corrected chi connectivity index (χ4v) is 5.31. The molecule has 0 radical (unpaired) electrons. The summed E-state index contributed by atoms with van der Waals surface area (Å²) in [4.78, 5) is 0. The molecule has 0 unspecified atom stereocenters. The van der Waals surface area contributed by atoms with Crippen molar-refractivity contribution >= 4 is 31.5 Å². The van der Waals surface area contributed by atoms with Crippen molar-refractivity contribution in [2.24, 2.45) is 0 Å². The van der Waals surface area contributed by atoms with Crippen LogP contribution in [0.1, 0.15) is 24.0 Å². The first-order chi connectivity index (χ1) is 13.8. The predicted molar refractivity (Wildman–Crippen MR) is 123 cm³/mol. The molecule has 5 aromatic rings. The van der Waals surface area contributed by atoms with E-state index in [2.05, 4.69) is 104 Å². The highest BCUT2D eigenvalue weighted by Crippen LogP contribution is 2.40. The minimum atomic E-state index is 0.490. The average molecular weight is 379 g/mol. The third-order valence-corrected chi connectivity index (χ3v) is 6.78. The molecule has 1 atom stereocenters. The molecule has 4 aromatic carbocycles. The van der Waals surface area contributed by atoms with Gasteiger partial charge in [0.1, 0.15) is 0 Å². The maximum absolute atomic E-state index is 2.38. The second kappa shape index (κ2) is 7.26. The Kier molecular flexibility index (Phi) is 4.46. The first kappa shape index (κ1) is 17.2. The van der Waals surface area contributed by atoms with Gasteiger partial charge in [0.2, 0.25) is 0 Å². The molecule has 5 rings (SSSR count). The van der Waals surface area contributed by atoms with Gasteiger partial charge in [-0.3, -0.25) is 0 Å². The Morgan fingerprint density at radius 3 is 2.36 bits per heavy atom. The zero-order valence-corrected chi connectivity index (χ0v) is 16.7. The third-order valence-electron chi connectivity index (χ3n) is 5.56. The number of rotatable bonds is 4. The SMILES string of the molecule is C[C@H](Cc1ccccc1)c1cccc(-c2cccc3c2sc2ccccc23)c1. The quantitative estimate of drug-likeness (QED) is 0.296. The number of benzene rings is 4. The summed E-state index contributed by atoms with van der Waals surface area (Å²) in [6, 6.07) is 35.3. The van der Waals surface area contributed by atoms with Crippen LogP contribution in [0.3, 0.4) is 0 Å². The second-order valence-electron chi connectivity index (χ2n) is 7.50. The topological polar surface area (TPSA) is 0 Å². The van der Waals surface area contributed by atoms with Crippen LogP contribution in [0.25, 0.3) is 31.3 Å². The molecule has 1 heteroatoms. The number of hydrogen-bond acceptors (Lipinski definition) is 1. The molecule has 28 heavy (non-hydrogen) atoms. The molecular formula is C27H22S. The summed E-state index contributed by atoms with van der Waals surface area (Å²) in [7, 11) is 0. The summed E-state index contributed by atoms with van der Waals surface area (Å²) in [5.41, 5.74) is 5.45. The Morgan fingerprint density at radius 2 is 1.46 bits per heavy atom. The molecule has 0 aliphatic heterocycles. The van der Waals surface area contributed by atoms with E-state index in [4.69, 9.17) is 0 Å². The zero-order chi connectivity index (χ0) is 18.9. The van der Waals surface area contributed by atoms with Gasteiger partial charge >= 0.3 is 0 Å². The van der Waals surface area contributed by atoms with E-state index in [9.17, 15) is 0 Å². The molecule has 0 bridgehead atoms. The van der Waals surface area contributed by atoms with Crippen LogP contribution in [-0.2, 0) is 6.42 Å². The van der Waals surface area contributed by atoms with Crippen molar-refractivity contribution in [3.63, 3.8) is 0 Å². The van der Waals surface area contributed by atoms with E-state index in [0.29, 0.717) is 5.92 Å². The largest absolute Gasteiger partial charge is 0.135 e. The van der Waals surface area contributed by atoms with Gasteiger partial charge in [0.05, 0.1) is 0 Å². The molecule has 0 fully saturated rings. The zero-order valence-electron chi connectivity index (χ0n) is 15.9. The Labute approximate surface area is 170 Å². The molecule has 0 spiro atoms. The van der Waals surface area contributed by atoms with Gasteiger partial charge in [-0.2, -0.15) is 0 Å². The molecule has 1 heterocycles. The summed E-state index contributed by atoms with van der Waals surface area (Å²) in [6.45, 7) is 2.33. The van der Waals surface area contributed by atoms with Crippen molar-refractivity contribution < 1.29 is 0 Å². The van der Waals surface area contributed by atoms with E-state index in [1.54, 1.807) is 0 Å². The number of thiophene rings is 1. The van der Waals surface area contributed by atoms with Gasteiger partial charge in [0, 0.05) is 20.2 Å². The lowest BCUT2D eigenvalue weighted by Crippen LogP contribution is -1.98. The minimum Gasteiger partial charge on any atom is -0.135 e. The van der Waals surface area contributed by atoms with Crippen LogP contribution < -0.4 is 0 Å². The second-order valence-corrected chi connectivity index (χ2v) is 8.55. The van der Waals surface area contributed by atoms with Crippen molar-refractivity contribution in [1.82, 2.24) is 0 Å². The van der Waals surface area contributed by atoms with Crippen molar-refractivity contribution in [1.29, 1.82) is 0 Å². The first-order valence-electron chi connectivity index (χ1n) is 9.84. The highest BCUT2D eigenvalue weighted by molar-refractivity contribution is 7.26. The lowest BCUT2D eigenvalue weighted by Gasteiger charge is -2.14. The van der Waals surface area contributed by atoms with Crippen LogP contribution in [0.5, 0.6) is 0 Å². The van der Waals surface area contributed by atoms with E-state index in [-0.39, 0.29) is 0 Å². The maximum Gasteiger partial charge on any atom is 0.0433 e. The Balaban J connectivity index is 1.56. The standard InChI is InChI=1S/C27H22S/c1-19(17-20-9-3-2-4-10-20)21-11-7-12-22(18-21)23-14-8-15-25-24-13-5-6-16-26(24)28-27(23)25/h2-16,18-19H,17H2,1H3/t19-/m1/s1. The molecule has 1 aromatic heterocycles. The fourth-order valence-electron chi connectivity index (χ4n) is 4.07. The Hall–Kier alpha value is -2.90. The molecule has 0 aliphatic carbocycles. The molecular weight excluding hydrogens is 356 g/mol. The van der Waals surface area contributed by atoms with Crippen molar-refractivity contribution in [3.05, 3.63) is 108 Å². The van der Waals surface area contributed by atoms with Gasteiger partial charge in [-0.25, -0.2) is 0 Å². The molecule has 0 amide bonds. The third kappa shape index (κ3) is 3.12. The molecule has 136 valence electrons. The fraction of sp³-hybridized carbons (Fsp3) is 0.111. The minimum absolute atomic E-state index is 0.490. The van der Waals surface area contributed by atoms with Gasteiger partial charge in [-0.1, -0.05) is 97.9 Å². The van der Waals surface area contributed by atoms with E-state index < -0.39 is 0 Å². The Bertz CT molecular complexity index is 1250. The average Bonchev–Trinajstić information content (AvgIpc) is 3.13. The monoisotopic (exact) mass is 378 g/mol. The van der Waals surface area contributed by atoms with E-state index in [1.807, 2.05) is 11.3 Å². The molecule has 0 saturated heterocycles. The first-order valence-corrected chi connectivity index (χ1v) is 10.7. The number of fused-ring (bicyclic) bond motifs is 3. The van der Waals surface area contributed by atoms with Crippen molar-refractivity contribution in [3.8, 4) is 11.1 Å². The van der Waals surface area contributed by atoms with Crippen LogP contribution in [-0.4, -0.2) is 0 Å². The van der Waals surface area contributed by atoms with Gasteiger partial charge in [-0.15, -0.1) is 11.3 Å². The van der Waals surface area contributed by atoms with E-state index in [1.165, 1.54) is 42.4 Å². The molecule has 0 nitrogen and oxygen atoms in total. The van der Waals surface area contributed by atoms with E-state index in [0.717, 1.165) is 6.42 Å². The van der Waals surface area contributed by atoms with Gasteiger partial charge in [-0.05, 0) is 40.7 Å².